The molecule has 3 heterocycles. The Bertz CT molecular complexity index is 1300. The van der Waals surface area contributed by atoms with Gasteiger partial charge in [-0.2, -0.15) is 23.1 Å². The predicted molar refractivity (Wildman–Crippen MR) is 122 cm³/mol. The van der Waals surface area contributed by atoms with E-state index in [0.717, 1.165) is 31.9 Å². The molecule has 1 aliphatic rings. The second-order valence-corrected chi connectivity index (χ2v) is 7.21. The van der Waals surface area contributed by atoms with Gasteiger partial charge >= 0.3 is 23.8 Å². The van der Waals surface area contributed by atoms with Gasteiger partial charge in [-0.1, -0.05) is 24.1 Å². The van der Waals surface area contributed by atoms with E-state index in [9.17, 15) is 18.0 Å². The van der Waals surface area contributed by atoms with E-state index in [2.05, 4.69) is 32.0 Å². The second-order valence-electron chi connectivity index (χ2n) is 7.21. The Morgan fingerprint density at radius 2 is 1.83 bits per heavy atom. The minimum absolute atomic E-state index is 0.192. The van der Waals surface area contributed by atoms with Crippen LogP contribution in [-0.4, -0.2) is 69.6 Å². The highest BCUT2D eigenvalue weighted by atomic mass is 19.4. The SMILES string of the molecule is CC#CCn1c(=O)n(-c2ccccc2)c2nc(OC)nc(N3CCNCC3)c21.O=C(O)C(F)(F)F. The van der Waals surface area contributed by atoms with E-state index in [-0.39, 0.29) is 18.2 Å². The lowest BCUT2D eigenvalue weighted by Gasteiger charge is -2.29. The number of imidazole rings is 1. The summed E-state index contributed by atoms with van der Waals surface area (Å²) in [6.45, 7) is 5.33. The molecule has 0 radical (unpaired) electrons. The summed E-state index contributed by atoms with van der Waals surface area (Å²) in [6.07, 6.45) is -5.08. The summed E-state index contributed by atoms with van der Waals surface area (Å²) in [5, 5.41) is 10.5. The Labute approximate surface area is 198 Å². The van der Waals surface area contributed by atoms with Gasteiger partial charge in [-0.15, -0.1) is 5.92 Å². The summed E-state index contributed by atoms with van der Waals surface area (Å²) < 4.78 is 40.3. The average molecular weight is 492 g/mol. The zero-order valence-corrected chi connectivity index (χ0v) is 19.0. The van der Waals surface area contributed by atoms with Crippen molar-refractivity contribution in [3.63, 3.8) is 0 Å². The number of hydrogen-bond donors (Lipinski definition) is 2. The maximum atomic E-state index is 13.3. The predicted octanol–water partition coefficient (Wildman–Crippen LogP) is 1.66. The fraction of sp³-hybridized carbons (Fsp3) is 0.364. The molecule has 1 aromatic carbocycles. The van der Waals surface area contributed by atoms with Gasteiger partial charge in [0.15, 0.2) is 11.5 Å². The molecule has 0 aliphatic carbocycles. The standard InChI is InChI=1S/C20H22N6O2.C2HF3O2/c1-3-4-12-25-16-17(24-13-10-21-11-14-24)22-19(28-2)23-18(16)26(20(25)27)15-8-6-5-7-9-15;3-2(4,5)1(6)7/h5-9,21H,10-14H2,1-2H3;(H,6,7). The number of carboxylic acid groups (broad SMARTS) is 1. The van der Waals surface area contributed by atoms with E-state index < -0.39 is 12.1 Å². The van der Waals surface area contributed by atoms with Gasteiger partial charge in [0.05, 0.1) is 19.3 Å². The smallest absolute Gasteiger partial charge is 0.475 e. The first-order valence-corrected chi connectivity index (χ1v) is 10.5. The van der Waals surface area contributed by atoms with Crippen molar-refractivity contribution < 1.29 is 27.8 Å². The second kappa shape index (κ2) is 10.9. The molecular formula is C22H23F3N6O4. The number of anilines is 1. The largest absolute Gasteiger partial charge is 0.490 e. The number of aromatic nitrogens is 4. The molecule has 0 spiro atoms. The van der Waals surface area contributed by atoms with Crippen molar-refractivity contribution in [1.82, 2.24) is 24.4 Å². The van der Waals surface area contributed by atoms with Crippen LogP contribution >= 0.6 is 0 Å². The van der Waals surface area contributed by atoms with E-state index in [1.165, 1.54) is 7.11 Å². The van der Waals surface area contributed by atoms with Crippen LogP contribution < -0.4 is 20.6 Å². The lowest BCUT2D eigenvalue weighted by Crippen LogP contribution is -2.44. The number of carboxylic acids is 1. The third-order valence-corrected chi connectivity index (χ3v) is 5.00. The number of benzene rings is 1. The average Bonchev–Trinajstić information content (AvgIpc) is 3.13. The maximum absolute atomic E-state index is 13.3. The van der Waals surface area contributed by atoms with Crippen LogP contribution in [0.4, 0.5) is 19.0 Å². The molecule has 13 heteroatoms. The van der Waals surface area contributed by atoms with Crippen LogP contribution in [0.2, 0.25) is 0 Å². The number of fused-ring (bicyclic) bond motifs is 1. The molecule has 3 aromatic rings. The number of halogens is 3. The number of piperazine rings is 1. The van der Waals surface area contributed by atoms with Gasteiger partial charge < -0.3 is 20.1 Å². The van der Waals surface area contributed by atoms with Crippen molar-refractivity contribution in [2.24, 2.45) is 0 Å². The van der Waals surface area contributed by atoms with Crippen LogP contribution in [0.1, 0.15) is 6.92 Å². The Morgan fingerprint density at radius 1 is 1.20 bits per heavy atom. The molecule has 35 heavy (non-hydrogen) atoms. The highest BCUT2D eigenvalue weighted by molar-refractivity contribution is 5.86. The summed E-state index contributed by atoms with van der Waals surface area (Å²) in [7, 11) is 1.53. The topological polar surface area (TPSA) is 115 Å². The lowest BCUT2D eigenvalue weighted by molar-refractivity contribution is -0.192. The fourth-order valence-electron chi connectivity index (χ4n) is 3.42. The zero-order valence-electron chi connectivity index (χ0n) is 19.0. The Balaban J connectivity index is 0.000000429. The van der Waals surface area contributed by atoms with Crippen LogP contribution in [0, 0.1) is 11.8 Å². The molecule has 186 valence electrons. The lowest BCUT2D eigenvalue weighted by atomic mass is 10.3. The molecule has 4 rings (SSSR count). The number of rotatable bonds is 4. The van der Waals surface area contributed by atoms with Crippen molar-refractivity contribution in [2.75, 3.05) is 38.2 Å². The van der Waals surface area contributed by atoms with Crippen molar-refractivity contribution in [3.05, 3.63) is 40.8 Å². The van der Waals surface area contributed by atoms with E-state index in [0.29, 0.717) is 17.0 Å². The molecule has 0 saturated carbocycles. The molecule has 1 aliphatic heterocycles. The molecule has 1 saturated heterocycles. The minimum atomic E-state index is -5.08. The van der Waals surface area contributed by atoms with E-state index in [4.69, 9.17) is 14.6 Å². The number of aliphatic carboxylic acids is 1. The first-order valence-electron chi connectivity index (χ1n) is 10.5. The van der Waals surface area contributed by atoms with Crippen LogP contribution in [0.3, 0.4) is 0 Å². The summed E-state index contributed by atoms with van der Waals surface area (Å²) in [6, 6.07) is 9.71. The zero-order chi connectivity index (χ0) is 25.6. The van der Waals surface area contributed by atoms with Crippen molar-refractivity contribution in [3.8, 4) is 23.5 Å². The summed E-state index contributed by atoms with van der Waals surface area (Å²) in [5.74, 6) is 3.82. The Hall–Kier alpha value is -4.05. The van der Waals surface area contributed by atoms with Crippen LogP contribution in [0.25, 0.3) is 16.9 Å². The van der Waals surface area contributed by atoms with Crippen molar-refractivity contribution in [1.29, 1.82) is 0 Å². The summed E-state index contributed by atoms with van der Waals surface area (Å²) in [5.41, 5.74) is 1.75. The van der Waals surface area contributed by atoms with Gasteiger partial charge in [-0.25, -0.2) is 14.2 Å². The fourth-order valence-corrected chi connectivity index (χ4v) is 3.42. The number of nitrogens with zero attached hydrogens (tertiary/aromatic N) is 5. The highest BCUT2D eigenvalue weighted by Crippen LogP contribution is 2.27. The normalized spacial score (nSPS) is 13.5. The minimum Gasteiger partial charge on any atom is -0.475 e. The monoisotopic (exact) mass is 492 g/mol. The maximum Gasteiger partial charge on any atom is 0.490 e. The van der Waals surface area contributed by atoms with Gasteiger partial charge in [0.1, 0.15) is 5.52 Å². The third-order valence-electron chi connectivity index (χ3n) is 5.00. The quantitative estimate of drug-likeness (QED) is 0.529. The third kappa shape index (κ3) is 5.72. The number of hydrogen-bond acceptors (Lipinski definition) is 7. The molecular weight excluding hydrogens is 469 g/mol. The molecule has 0 atom stereocenters. The Kier molecular flexibility index (Phi) is 7.98. The van der Waals surface area contributed by atoms with Crippen molar-refractivity contribution >= 4 is 23.0 Å². The molecule has 0 unspecified atom stereocenters. The summed E-state index contributed by atoms with van der Waals surface area (Å²) in [4.78, 5) is 33.5. The molecule has 0 bridgehead atoms. The van der Waals surface area contributed by atoms with Gasteiger partial charge in [0.25, 0.3) is 0 Å². The van der Waals surface area contributed by atoms with E-state index >= 15 is 0 Å². The van der Waals surface area contributed by atoms with E-state index in [1.807, 2.05) is 30.3 Å². The molecule has 2 N–H and O–H groups in total. The highest BCUT2D eigenvalue weighted by Gasteiger charge is 2.38. The summed E-state index contributed by atoms with van der Waals surface area (Å²) >= 11 is 0. The molecule has 2 aromatic heterocycles. The number of carbonyl (C=O) groups is 1. The van der Waals surface area contributed by atoms with Gasteiger partial charge in [0, 0.05) is 26.2 Å². The van der Waals surface area contributed by atoms with Gasteiger partial charge in [-0.05, 0) is 19.1 Å². The van der Waals surface area contributed by atoms with Gasteiger partial charge in [0.2, 0.25) is 0 Å². The number of ether oxygens (including phenoxy) is 1. The van der Waals surface area contributed by atoms with Crippen LogP contribution in [-0.2, 0) is 11.3 Å². The van der Waals surface area contributed by atoms with Crippen LogP contribution in [0.5, 0.6) is 6.01 Å². The first-order chi connectivity index (χ1) is 16.7. The molecule has 10 nitrogen and oxygen atoms in total. The van der Waals surface area contributed by atoms with Gasteiger partial charge in [-0.3, -0.25) is 4.57 Å². The number of methoxy groups -OCH3 is 1. The number of para-hydroxylation sites is 1. The molecule has 1 fully saturated rings. The molecule has 0 amide bonds. The van der Waals surface area contributed by atoms with Crippen molar-refractivity contribution in [2.45, 2.75) is 19.6 Å². The van der Waals surface area contributed by atoms with E-state index in [1.54, 1.807) is 16.1 Å². The number of nitrogens with one attached hydrogen (secondary N) is 1. The Morgan fingerprint density at radius 3 is 2.37 bits per heavy atom. The first kappa shape index (κ1) is 25.6. The van der Waals surface area contributed by atoms with Crippen LogP contribution in [0.15, 0.2) is 35.1 Å². The number of alkyl halides is 3.